The molecule has 1 aliphatic heterocycles. The van der Waals surface area contributed by atoms with E-state index in [1.807, 2.05) is 35.5 Å². The maximum Gasteiger partial charge on any atom is 0.264 e. The van der Waals surface area contributed by atoms with Gasteiger partial charge in [0.25, 0.3) is 5.91 Å². The van der Waals surface area contributed by atoms with E-state index in [2.05, 4.69) is 23.4 Å². The average Bonchev–Trinajstić information content (AvgIpc) is 3.33. The van der Waals surface area contributed by atoms with Gasteiger partial charge in [-0.3, -0.25) is 9.78 Å². The van der Waals surface area contributed by atoms with Crippen molar-refractivity contribution in [2.75, 3.05) is 13.1 Å². The minimum atomic E-state index is 0.160. The molecule has 0 bridgehead atoms. The highest BCUT2D eigenvalue weighted by atomic mass is 32.1. The van der Waals surface area contributed by atoms with Gasteiger partial charge in [0.1, 0.15) is 5.82 Å². The van der Waals surface area contributed by atoms with Gasteiger partial charge >= 0.3 is 0 Å². The van der Waals surface area contributed by atoms with Gasteiger partial charge in [-0.15, -0.1) is 11.3 Å². The highest BCUT2D eigenvalue weighted by Crippen LogP contribution is 2.31. The van der Waals surface area contributed by atoms with E-state index in [-0.39, 0.29) is 11.8 Å². The molecule has 6 heteroatoms. The number of thiophene rings is 1. The molecule has 0 aromatic carbocycles. The van der Waals surface area contributed by atoms with E-state index in [0.29, 0.717) is 5.92 Å². The van der Waals surface area contributed by atoms with Gasteiger partial charge in [-0.05, 0) is 42.3 Å². The van der Waals surface area contributed by atoms with Crippen LogP contribution < -0.4 is 0 Å². The first-order valence-corrected chi connectivity index (χ1v) is 10.1. The van der Waals surface area contributed by atoms with E-state index in [1.54, 1.807) is 6.20 Å². The molecule has 0 N–H and O–H groups in total. The van der Waals surface area contributed by atoms with Crippen LogP contribution in [-0.4, -0.2) is 38.4 Å². The number of imidazole rings is 1. The highest BCUT2D eigenvalue weighted by molar-refractivity contribution is 7.12. The van der Waals surface area contributed by atoms with Gasteiger partial charge in [0.05, 0.1) is 22.1 Å². The van der Waals surface area contributed by atoms with E-state index in [1.165, 1.54) is 11.3 Å². The van der Waals surface area contributed by atoms with Gasteiger partial charge in [0, 0.05) is 31.7 Å². The maximum absolute atomic E-state index is 12.8. The molecule has 1 atom stereocenters. The van der Waals surface area contributed by atoms with Crippen molar-refractivity contribution in [1.29, 1.82) is 0 Å². The first-order chi connectivity index (χ1) is 12.5. The molecule has 1 unspecified atom stereocenters. The standard InChI is InChI=1S/C20H24N4OS/c1-13(2)11-24-17-10-21-7-4-16(17)22-19(24)15-5-8-23(12-15)20(25)18-14(3)6-9-26-18/h4,6-7,9-10,13,15H,5,8,11-12H2,1-3H3. The number of pyridine rings is 1. The van der Waals surface area contributed by atoms with Gasteiger partial charge < -0.3 is 9.47 Å². The summed E-state index contributed by atoms with van der Waals surface area (Å²) in [6.45, 7) is 8.90. The molecule has 1 amide bonds. The van der Waals surface area contributed by atoms with Crippen molar-refractivity contribution in [3.63, 3.8) is 0 Å². The third-order valence-corrected chi connectivity index (χ3v) is 6.03. The molecule has 3 aromatic heterocycles. The molecule has 5 nitrogen and oxygen atoms in total. The van der Waals surface area contributed by atoms with Crippen LogP contribution in [-0.2, 0) is 6.54 Å². The zero-order valence-electron chi connectivity index (χ0n) is 15.5. The Morgan fingerprint density at radius 2 is 2.23 bits per heavy atom. The third kappa shape index (κ3) is 3.03. The Morgan fingerprint density at radius 3 is 2.96 bits per heavy atom. The molecule has 26 heavy (non-hydrogen) atoms. The summed E-state index contributed by atoms with van der Waals surface area (Å²) in [6, 6.07) is 3.99. The molecule has 1 fully saturated rings. The normalized spacial score (nSPS) is 17.5. The zero-order valence-corrected chi connectivity index (χ0v) is 16.3. The molecule has 0 radical (unpaired) electrons. The third-order valence-electron chi connectivity index (χ3n) is 5.02. The molecule has 136 valence electrons. The van der Waals surface area contributed by atoms with Crippen molar-refractivity contribution >= 4 is 28.3 Å². The summed E-state index contributed by atoms with van der Waals surface area (Å²) >= 11 is 1.54. The Balaban J connectivity index is 1.62. The largest absolute Gasteiger partial charge is 0.337 e. The first-order valence-electron chi connectivity index (χ1n) is 9.18. The molecule has 0 saturated carbocycles. The quantitative estimate of drug-likeness (QED) is 0.697. The minimum Gasteiger partial charge on any atom is -0.337 e. The van der Waals surface area contributed by atoms with E-state index in [0.717, 1.165) is 53.4 Å². The van der Waals surface area contributed by atoms with Crippen molar-refractivity contribution in [2.45, 2.75) is 39.7 Å². The summed E-state index contributed by atoms with van der Waals surface area (Å²) in [7, 11) is 0. The summed E-state index contributed by atoms with van der Waals surface area (Å²) in [5.41, 5.74) is 3.16. The fraction of sp³-hybridized carbons (Fsp3) is 0.450. The smallest absolute Gasteiger partial charge is 0.264 e. The first kappa shape index (κ1) is 17.2. The summed E-state index contributed by atoms with van der Waals surface area (Å²) in [4.78, 5) is 24.9. The van der Waals surface area contributed by atoms with Crippen LogP contribution in [0.25, 0.3) is 11.0 Å². The van der Waals surface area contributed by atoms with Gasteiger partial charge in [0.2, 0.25) is 0 Å². The van der Waals surface area contributed by atoms with Crippen molar-refractivity contribution in [2.24, 2.45) is 5.92 Å². The van der Waals surface area contributed by atoms with E-state index in [9.17, 15) is 4.79 Å². The molecule has 1 saturated heterocycles. The number of carbonyl (C=O) groups is 1. The van der Waals surface area contributed by atoms with Gasteiger partial charge in [-0.1, -0.05) is 13.8 Å². The number of hydrogen-bond acceptors (Lipinski definition) is 4. The van der Waals surface area contributed by atoms with Crippen LogP contribution in [0.1, 0.15) is 47.2 Å². The Labute approximate surface area is 157 Å². The number of hydrogen-bond donors (Lipinski definition) is 0. The number of amides is 1. The Morgan fingerprint density at radius 1 is 1.38 bits per heavy atom. The van der Waals surface area contributed by atoms with Crippen LogP contribution in [0.5, 0.6) is 0 Å². The molecule has 0 aliphatic carbocycles. The number of likely N-dealkylation sites (tertiary alicyclic amines) is 1. The van der Waals surface area contributed by atoms with Gasteiger partial charge in [0.15, 0.2) is 0 Å². The second-order valence-electron chi connectivity index (χ2n) is 7.51. The van der Waals surface area contributed by atoms with Crippen molar-refractivity contribution in [1.82, 2.24) is 19.4 Å². The number of aromatic nitrogens is 3. The summed E-state index contributed by atoms with van der Waals surface area (Å²) in [6.07, 6.45) is 4.66. The fourth-order valence-corrected chi connectivity index (χ4v) is 4.64. The SMILES string of the molecule is Cc1ccsc1C(=O)N1CCC(c2nc3ccncc3n2CC(C)C)C1. The van der Waals surface area contributed by atoms with Crippen LogP contribution in [0, 0.1) is 12.8 Å². The van der Waals surface area contributed by atoms with Crippen molar-refractivity contribution < 1.29 is 4.79 Å². The predicted molar refractivity (Wildman–Crippen MR) is 105 cm³/mol. The van der Waals surface area contributed by atoms with Crippen LogP contribution in [0.2, 0.25) is 0 Å². The average molecular weight is 369 g/mol. The van der Waals surface area contributed by atoms with Crippen molar-refractivity contribution in [3.05, 3.63) is 46.2 Å². The van der Waals surface area contributed by atoms with Crippen LogP contribution in [0.15, 0.2) is 29.9 Å². The Bertz CT molecular complexity index is 942. The Kier molecular flexibility index (Phi) is 4.53. The predicted octanol–water partition coefficient (Wildman–Crippen LogP) is 4.09. The molecule has 3 aromatic rings. The molecular formula is C20H24N4OS. The monoisotopic (exact) mass is 368 g/mol. The number of nitrogens with zero attached hydrogens (tertiary/aromatic N) is 4. The van der Waals surface area contributed by atoms with E-state index in [4.69, 9.17) is 4.98 Å². The molecule has 4 rings (SSSR count). The second kappa shape index (κ2) is 6.83. The van der Waals surface area contributed by atoms with E-state index >= 15 is 0 Å². The lowest BCUT2D eigenvalue weighted by Gasteiger charge is -2.18. The molecule has 0 spiro atoms. The topological polar surface area (TPSA) is 51.0 Å². The summed E-state index contributed by atoms with van der Waals surface area (Å²) in [5, 5.41) is 1.99. The summed E-state index contributed by atoms with van der Waals surface area (Å²) < 4.78 is 2.31. The lowest BCUT2D eigenvalue weighted by molar-refractivity contribution is 0.0794. The highest BCUT2D eigenvalue weighted by Gasteiger charge is 2.32. The second-order valence-corrected chi connectivity index (χ2v) is 8.42. The van der Waals surface area contributed by atoms with E-state index < -0.39 is 0 Å². The number of carbonyl (C=O) groups excluding carboxylic acids is 1. The van der Waals surface area contributed by atoms with Crippen LogP contribution in [0.3, 0.4) is 0 Å². The lowest BCUT2D eigenvalue weighted by Crippen LogP contribution is -2.28. The summed E-state index contributed by atoms with van der Waals surface area (Å²) in [5.74, 6) is 2.07. The van der Waals surface area contributed by atoms with Crippen molar-refractivity contribution in [3.8, 4) is 0 Å². The minimum absolute atomic E-state index is 0.160. The fourth-order valence-electron chi connectivity index (χ4n) is 3.75. The molecule has 4 heterocycles. The molecule has 1 aliphatic rings. The molecular weight excluding hydrogens is 344 g/mol. The lowest BCUT2D eigenvalue weighted by atomic mass is 10.1. The number of rotatable bonds is 4. The zero-order chi connectivity index (χ0) is 18.3. The van der Waals surface area contributed by atoms with Gasteiger partial charge in [-0.25, -0.2) is 4.98 Å². The van der Waals surface area contributed by atoms with Crippen LogP contribution in [0.4, 0.5) is 0 Å². The Hall–Kier alpha value is -2.21. The number of aryl methyl sites for hydroxylation is 1. The number of fused-ring (bicyclic) bond motifs is 1. The van der Waals surface area contributed by atoms with Gasteiger partial charge in [-0.2, -0.15) is 0 Å². The van der Waals surface area contributed by atoms with Crippen LogP contribution >= 0.6 is 11.3 Å². The maximum atomic E-state index is 12.8.